The monoisotopic (exact) mass is 313 g/mol. The summed E-state index contributed by atoms with van der Waals surface area (Å²) < 4.78 is 5.30. The second kappa shape index (κ2) is 7.48. The van der Waals surface area contributed by atoms with Crippen LogP contribution in [-0.4, -0.2) is 41.3 Å². The molecule has 2 N–H and O–H groups in total. The first-order valence-corrected chi connectivity index (χ1v) is 8.08. The molecule has 0 saturated carbocycles. The van der Waals surface area contributed by atoms with Gasteiger partial charge in [-0.3, -0.25) is 4.98 Å². The highest BCUT2D eigenvalue weighted by molar-refractivity contribution is 5.59. The third-order valence-electron chi connectivity index (χ3n) is 4.06. The summed E-state index contributed by atoms with van der Waals surface area (Å²) in [5.41, 5.74) is 3.22. The number of anilines is 1. The lowest BCUT2D eigenvalue weighted by Gasteiger charge is -2.24. The van der Waals surface area contributed by atoms with Crippen LogP contribution in [0.4, 0.5) is 5.82 Å². The fourth-order valence-electron chi connectivity index (χ4n) is 2.76. The molecule has 0 amide bonds. The number of pyridine rings is 1. The number of rotatable bonds is 6. The van der Waals surface area contributed by atoms with E-state index in [0.717, 1.165) is 48.8 Å². The van der Waals surface area contributed by atoms with Crippen molar-refractivity contribution in [3.8, 4) is 11.4 Å². The molecule has 3 rings (SSSR count). The number of nitrogens with zero attached hydrogens (tertiary/aromatic N) is 3. The van der Waals surface area contributed by atoms with Crippen LogP contribution in [0.1, 0.15) is 24.6 Å². The molecule has 6 heteroatoms. The Bertz CT molecular complexity index is 647. The fourth-order valence-corrected chi connectivity index (χ4v) is 2.76. The van der Waals surface area contributed by atoms with E-state index >= 15 is 0 Å². The van der Waals surface area contributed by atoms with Crippen molar-refractivity contribution in [1.82, 2.24) is 20.3 Å². The Morgan fingerprint density at radius 3 is 3.04 bits per heavy atom. The van der Waals surface area contributed by atoms with E-state index in [1.54, 1.807) is 19.5 Å². The molecular weight excluding hydrogens is 290 g/mol. The van der Waals surface area contributed by atoms with Gasteiger partial charge in [-0.25, -0.2) is 9.97 Å². The van der Waals surface area contributed by atoms with Gasteiger partial charge in [0.15, 0.2) is 5.82 Å². The molecule has 1 unspecified atom stereocenters. The molecule has 3 heterocycles. The predicted octanol–water partition coefficient (Wildman–Crippen LogP) is 2.02. The SMILES string of the molecule is CCC(COC)Nc1nc(-c2cccnc2)nc2c1CCNC2. The number of hydrogen-bond donors (Lipinski definition) is 2. The number of methoxy groups -OCH3 is 1. The molecule has 23 heavy (non-hydrogen) atoms. The van der Waals surface area contributed by atoms with Crippen LogP contribution >= 0.6 is 0 Å². The Morgan fingerprint density at radius 2 is 2.30 bits per heavy atom. The van der Waals surface area contributed by atoms with E-state index in [4.69, 9.17) is 14.7 Å². The van der Waals surface area contributed by atoms with Crippen molar-refractivity contribution in [1.29, 1.82) is 0 Å². The molecule has 2 aromatic rings. The quantitative estimate of drug-likeness (QED) is 0.850. The minimum atomic E-state index is 0.246. The van der Waals surface area contributed by atoms with Gasteiger partial charge in [0.05, 0.1) is 18.3 Å². The predicted molar refractivity (Wildman–Crippen MR) is 90.3 cm³/mol. The summed E-state index contributed by atoms with van der Waals surface area (Å²) in [7, 11) is 1.73. The summed E-state index contributed by atoms with van der Waals surface area (Å²) in [6.07, 6.45) is 5.48. The highest BCUT2D eigenvalue weighted by atomic mass is 16.5. The van der Waals surface area contributed by atoms with E-state index in [0.29, 0.717) is 6.61 Å². The molecule has 6 nitrogen and oxygen atoms in total. The summed E-state index contributed by atoms with van der Waals surface area (Å²) in [5.74, 6) is 1.65. The van der Waals surface area contributed by atoms with Gasteiger partial charge >= 0.3 is 0 Å². The van der Waals surface area contributed by atoms with Crippen molar-refractivity contribution in [2.45, 2.75) is 32.4 Å². The van der Waals surface area contributed by atoms with Gasteiger partial charge in [0.25, 0.3) is 0 Å². The molecule has 2 aromatic heterocycles. The number of nitrogens with one attached hydrogen (secondary N) is 2. The van der Waals surface area contributed by atoms with Crippen LogP contribution in [0.3, 0.4) is 0 Å². The summed E-state index contributed by atoms with van der Waals surface area (Å²) in [6.45, 7) is 4.54. The maximum Gasteiger partial charge on any atom is 0.163 e. The Labute approximate surface area is 136 Å². The van der Waals surface area contributed by atoms with Gasteiger partial charge in [-0.1, -0.05) is 6.92 Å². The van der Waals surface area contributed by atoms with Gasteiger partial charge in [0.2, 0.25) is 0 Å². The molecule has 122 valence electrons. The van der Waals surface area contributed by atoms with E-state index in [2.05, 4.69) is 22.5 Å². The van der Waals surface area contributed by atoms with E-state index in [1.807, 2.05) is 12.1 Å². The van der Waals surface area contributed by atoms with Gasteiger partial charge in [-0.15, -0.1) is 0 Å². The molecule has 0 spiro atoms. The van der Waals surface area contributed by atoms with Gasteiger partial charge < -0.3 is 15.4 Å². The van der Waals surface area contributed by atoms with E-state index in [-0.39, 0.29) is 6.04 Å². The number of hydrogen-bond acceptors (Lipinski definition) is 6. The fraction of sp³-hybridized carbons (Fsp3) is 0.471. The van der Waals surface area contributed by atoms with E-state index < -0.39 is 0 Å². The number of aromatic nitrogens is 3. The maximum absolute atomic E-state index is 5.30. The van der Waals surface area contributed by atoms with Crippen LogP contribution in [0.25, 0.3) is 11.4 Å². The van der Waals surface area contributed by atoms with E-state index in [9.17, 15) is 0 Å². The largest absolute Gasteiger partial charge is 0.383 e. The standard InChI is InChI=1S/C17H23N5O/c1-3-13(11-23-2)20-17-14-6-8-19-10-15(14)21-16(22-17)12-5-4-7-18-9-12/h4-5,7,9,13,19H,3,6,8,10-11H2,1-2H3,(H,20,21,22). The van der Waals surface area contributed by atoms with Crippen LogP contribution in [0.5, 0.6) is 0 Å². The minimum Gasteiger partial charge on any atom is -0.383 e. The van der Waals surface area contributed by atoms with Crippen molar-refractivity contribution in [3.63, 3.8) is 0 Å². The maximum atomic E-state index is 5.30. The van der Waals surface area contributed by atoms with Crippen LogP contribution in [0, 0.1) is 0 Å². The lowest BCUT2D eigenvalue weighted by Crippen LogP contribution is -2.30. The minimum absolute atomic E-state index is 0.246. The normalized spacial score (nSPS) is 15.0. The number of fused-ring (bicyclic) bond motifs is 1. The van der Waals surface area contributed by atoms with E-state index in [1.165, 1.54) is 5.56 Å². The summed E-state index contributed by atoms with van der Waals surface area (Å²) in [4.78, 5) is 13.7. The molecule has 1 aliphatic heterocycles. The first-order chi connectivity index (χ1) is 11.3. The topological polar surface area (TPSA) is 72.0 Å². The van der Waals surface area contributed by atoms with Crippen LogP contribution in [0.2, 0.25) is 0 Å². The first kappa shape index (κ1) is 15.8. The number of ether oxygens (including phenoxy) is 1. The highest BCUT2D eigenvalue weighted by Gasteiger charge is 2.20. The highest BCUT2D eigenvalue weighted by Crippen LogP contribution is 2.25. The molecule has 0 fully saturated rings. The second-order valence-electron chi connectivity index (χ2n) is 5.69. The zero-order valence-electron chi connectivity index (χ0n) is 13.7. The summed E-state index contributed by atoms with van der Waals surface area (Å²) >= 11 is 0. The molecule has 0 saturated heterocycles. The lowest BCUT2D eigenvalue weighted by molar-refractivity contribution is 0.184. The Balaban J connectivity index is 1.99. The third-order valence-corrected chi connectivity index (χ3v) is 4.06. The summed E-state index contributed by atoms with van der Waals surface area (Å²) in [6, 6.07) is 4.14. The molecular formula is C17H23N5O. The molecule has 1 aliphatic rings. The van der Waals surface area contributed by atoms with Crippen molar-refractivity contribution in [2.24, 2.45) is 0 Å². The second-order valence-corrected chi connectivity index (χ2v) is 5.69. The van der Waals surface area contributed by atoms with Crippen LogP contribution in [0.15, 0.2) is 24.5 Å². The van der Waals surface area contributed by atoms with Gasteiger partial charge in [-0.05, 0) is 31.5 Å². The third kappa shape index (κ3) is 3.65. The Kier molecular flexibility index (Phi) is 5.15. The average molecular weight is 313 g/mol. The molecule has 1 atom stereocenters. The zero-order chi connectivity index (χ0) is 16.1. The van der Waals surface area contributed by atoms with Crippen molar-refractivity contribution < 1.29 is 4.74 Å². The Hall–Kier alpha value is -2.05. The van der Waals surface area contributed by atoms with Crippen LogP contribution in [-0.2, 0) is 17.7 Å². The Morgan fingerprint density at radius 1 is 1.39 bits per heavy atom. The van der Waals surface area contributed by atoms with Crippen molar-refractivity contribution in [2.75, 3.05) is 25.6 Å². The van der Waals surface area contributed by atoms with Crippen molar-refractivity contribution in [3.05, 3.63) is 35.8 Å². The van der Waals surface area contributed by atoms with Gasteiger partial charge in [0.1, 0.15) is 5.82 Å². The van der Waals surface area contributed by atoms with Gasteiger partial charge in [0, 0.05) is 37.2 Å². The van der Waals surface area contributed by atoms with Crippen molar-refractivity contribution >= 4 is 5.82 Å². The summed E-state index contributed by atoms with van der Waals surface area (Å²) in [5, 5.41) is 6.92. The van der Waals surface area contributed by atoms with Crippen LogP contribution < -0.4 is 10.6 Å². The molecule has 0 aliphatic carbocycles. The average Bonchev–Trinajstić information content (AvgIpc) is 2.62. The molecule has 0 bridgehead atoms. The zero-order valence-corrected chi connectivity index (χ0v) is 13.7. The molecule has 0 aromatic carbocycles. The van der Waals surface area contributed by atoms with Gasteiger partial charge in [-0.2, -0.15) is 0 Å². The lowest BCUT2D eigenvalue weighted by atomic mass is 10.1. The smallest absolute Gasteiger partial charge is 0.163 e. The molecule has 0 radical (unpaired) electrons. The first-order valence-electron chi connectivity index (χ1n) is 8.08.